The summed E-state index contributed by atoms with van der Waals surface area (Å²) in [6, 6.07) is 0. The van der Waals surface area contributed by atoms with Crippen LogP contribution in [0.25, 0.3) is 0 Å². The Labute approximate surface area is 148 Å². The minimum Gasteiger partial charge on any atom is -0.344 e. The van der Waals surface area contributed by atoms with E-state index in [2.05, 4.69) is 12.2 Å². The van der Waals surface area contributed by atoms with Crippen LogP contribution in [0, 0.1) is 0 Å². The molecule has 0 saturated carbocycles. The maximum atomic E-state index is 11.3. The van der Waals surface area contributed by atoms with Crippen molar-refractivity contribution >= 4 is 11.8 Å². The summed E-state index contributed by atoms with van der Waals surface area (Å²) in [5.41, 5.74) is 0.661. The van der Waals surface area contributed by atoms with E-state index < -0.39 is 0 Å². The van der Waals surface area contributed by atoms with Crippen LogP contribution in [0.1, 0.15) is 103 Å². The van der Waals surface area contributed by atoms with Gasteiger partial charge in [0.15, 0.2) is 0 Å². The van der Waals surface area contributed by atoms with Gasteiger partial charge >= 0.3 is 0 Å². The summed E-state index contributed by atoms with van der Waals surface area (Å²) in [5, 5.41) is 2.30. The molecule has 0 aliphatic carbocycles. The van der Waals surface area contributed by atoms with Gasteiger partial charge in [-0.2, -0.15) is 0 Å². The number of hydrogen-bond acceptors (Lipinski definition) is 3. The minimum atomic E-state index is -0.254. The molecule has 1 rings (SSSR count). The number of rotatable bonds is 15. The van der Waals surface area contributed by atoms with Crippen LogP contribution >= 0.6 is 0 Å². The number of unbranched alkanes of at least 4 members (excludes halogenated alkanes) is 13. The average molecular weight is 339 g/mol. The van der Waals surface area contributed by atoms with E-state index in [9.17, 15) is 9.59 Å². The first-order valence-electron chi connectivity index (χ1n) is 9.80. The molecule has 0 atom stereocenters. The summed E-state index contributed by atoms with van der Waals surface area (Å²) in [6.45, 7) is 2.27. The third kappa shape index (κ3) is 11.4. The van der Waals surface area contributed by atoms with Gasteiger partial charge in [-0.3, -0.25) is 14.9 Å². The summed E-state index contributed by atoms with van der Waals surface area (Å²) < 4.78 is 0. The lowest BCUT2D eigenvalue weighted by molar-refractivity contribution is -0.123. The molecule has 0 aromatic rings. The molecule has 4 heteroatoms. The molecular weight excluding hydrogens is 300 g/mol. The number of nitrogens with one attached hydrogen (secondary N) is 1. The standard InChI is InChI=1S/C20H35NO2.H3N/c1-2-3-4-5-6-7-8-9-10-11-12-13-14-15-16-18-17-19(22)21-20(18)23;/h17H,2-16H2,1H3,(H,21,22,23);1H3. The van der Waals surface area contributed by atoms with Crippen molar-refractivity contribution in [2.45, 2.75) is 103 Å². The van der Waals surface area contributed by atoms with Gasteiger partial charge in [-0.25, -0.2) is 0 Å². The molecule has 24 heavy (non-hydrogen) atoms. The molecule has 4 nitrogen and oxygen atoms in total. The lowest BCUT2D eigenvalue weighted by Crippen LogP contribution is -2.22. The van der Waals surface area contributed by atoms with Gasteiger partial charge in [-0.05, 0) is 12.8 Å². The molecular formula is C20H38N2O2. The van der Waals surface area contributed by atoms with Gasteiger partial charge in [-0.1, -0.05) is 90.4 Å². The number of imide groups is 1. The van der Waals surface area contributed by atoms with Crippen LogP contribution in [0.3, 0.4) is 0 Å². The predicted octanol–water partition coefficient (Wildman–Crippen LogP) is 5.60. The first-order valence-corrected chi connectivity index (χ1v) is 9.80. The molecule has 1 heterocycles. The van der Waals surface area contributed by atoms with Crippen molar-refractivity contribution in [2.24, 2.45) is 0 Å². The quantitative estimate of drug-likeness (QED) is 0.301. The van der Waals surface area contributed by atoms with Crippen LogP contribution < -0.4 is 11.5 Å². The van der Waals surface area contributed by atoms with Crippen LogP contribution in [0.5, 0.6) is 0 Å². The van der Waals surface area contributed by atoms with E-state index in [0.29, 0.717) is 5.57 Å². The van der Waals surface area contributed by atoms with Gasteiger partial charge in [-0.15, -0.1) is 0 Å². The third-order valence-electron chi connectivity index (χ3n) is 4.63. The number of amides is 2. The molecule has 0 saturated heterocycles. The first-order chi connectivity index (χ1) is 11.2. The largest absolute Gasteiger partial charge is 0.344 e. The molecule has 0 fully saturated rings. The zero-order valence-electron chi connectivity index (χ0n) is 15.7. The molecule has 0 spiro atoms. The molecule has 0 radical (unpaired) electrons. The maximum Gasteiger partial charge on any atom is 0.254 e. The Balaban J connectivity index is 0.00000529. The summed E-state index contributed by atoms with van der Waals surface area (Å²) in [6.07, 6.45) is 20.9. The van der Waals surface area contributed by atoms with Crippen LogP contribution in [0.15, 0.2) is 11.6 Å². The topological polar surface area (TPSA) is 81.2 Å². The van der Waals surface area contributed by atoms with Crippen LogP contribution in [0.2, 0.25) is 0 Å². The number of carbonyl (C=O) groups is 2. The summed E-state index contributed by atoms with van der Waals surface area (Å²) in [7, 11) is 0. The number of hydrogen-bond donors (Lipinski definition) is 2. The van der Waals surface area contributed by atoms with Gasteiger partial charge < -0.3 is 6.15 Å². The normalized spacial score (nSPS) is 13.6. The lowest BCUT2D eigenvalue weighted by atomic mass is 10.0. The van der Waals surface area contributed by atoms with E-state index in [-0.39, 0.29) is 18.0 Å². The molecule has 0 aromatic heterocycles. The van der Waals surface area contributed by atoms with E-state index in [4.69, 9.17) is 0 Å². The zero-order chi connectivity index (χ0) is 16.8. The van der Waals surface area contributed by atoms with Gasteiger partial charge in [0, 0.05) is 11.6 Å². The monoisotopic (exact) mass is 338 g/mol. The van der Waals surface area contributed by atoms with Crippen LogP contribution in [-0.2, 0) is 9.59 Å². The Morgan fingerprint density at radius 3 is 1.50 bits per heavy atom. The Hall–Kier alpha value is -1.16. The van der Waals surface area contributed by atoms with Gasteiger partial charge in [0.2, 0.25) is 0 Å². The second-order valence-corrected chi connectivity index (χ2v) is 6.83. The second-order valence-electron chi connectivity index (χ2n) is 6.83. The molecule has 1 aliphatic rings. The summed E-state index contributed by atoms with van der Waals surface area (Å²) in [4.78, 5) is 22.4. The van der Waals surface area contributed by atoms with E-state index >= 15 is 0 Å². The Bertz CT molecular complexity index is 378. The minimum absolute atomic E-state index is 0. The van der Waals surface area contributed by atoms with E-state index in [1.165, 1.54) is 83.1 Å². The highest BCUT2D eigenvalue weighted by atomic mass is 16.2. The van der Waals surface area contributed by atoms with E-state index in [0.717, 1.165) is 19.3 Å². The van der Waals surface area contributed by atoms with Crippen molar-refractivity contribution in [3.8, 4) is 0 Å². The third-order valence-corrected chi connectivity index (χ3v) is 4.63. The second kappa shape index (κ2) is 15.4. The molecule has 0 aromatic carbocycles. The van der Waals surface area contributed by atoms with Gasteiger partial charge in [0.05, 0.1) is 0 Å². The van der Waals surface area contributed by atoms with Crippen molar-refractivity contribution in [1.82, 2.24) is 11.5 Å². The van der Waals surface area contributed by atoms with E-state index in [1.807, 2.05) is 0 Å². The van der Waals surface area contributed by atoms with Crippen LogP contribution in [0.4, 0.5) is 0 Å². The fourth-order valence-electron chi connectivity index (χ4n) is 3.15. The molecule has 4 N–H and O–H groups in total. The Morgan fingerprint density at radius 2 is 1.12 bits per heavy atom. The summed E-state index contributed by atoms with van der Waals surface area (Å²) in [5.74, 6) is -0.444. The molecule has 140 valence electrons. The van der Waals surface area contributed by atoms with Gasteiger partial charge in [0.25, 0.3) is 11.8 Å². The fraction of sp³-hybridized carbons (Fsp3) is 0.800. The molecule has 2 amide bonds. The smallest absolute Gasteiger partial charge is 0.254 e. The van der Waals surface area contributed by atoms with Crippen molar-refractivity contribution < 1.29 is 9.59 Å². The van der Waals surface area contributed by atoms with Crippen molar-refractivity contribution in [1.29, 1.82) is 0 Å². The molecule has 0 bridgehead atoms. The zero-order valence-corrected chi connectivity index (χ0v) is 15.7. The SMILES string of the molecule is CCCCCCCCCCCCCCCCC1=CC(=O)NC1=O.N. The summed E-state index contributed by atoms with van der Waals surface area (Å²) >= 11 is 0. The Morgan fingerprint density at radius 1 is 0.708 bits per heavy atom. The fourth-order valence-corrected chi connectivity index (χ4v) is 3.15. The highest BCUT2D eigenvalue weighted by Crippen LogP contribution is 2.16. The maximum absolute atomic E-state index is 11.3. The van der Waals surface area contributed by atoms with Crippen molar-refractivity contribution in [3.63, 3.8) is 0 Å². The molecule has 1 aliphatic heterocycles. The van der Waals surface area contributed by atoms with E-state index in [1.54, 1.807) is 0 Å². The molecule has 0 unspecified atom stereocenters. The average Bonchev–Trinajstić information content (AvgIpc) is 2.85. The highest BCUT2D eigenvalue weighted by molar-refractivity contribution is 6.16. The van der Waals surface area contributed by atoms with Crippen molar-refractivity contribution in [3.05, 3.63) is 11.6 Å². The predicted molar refractivity (Wildman–Crippen MR) is 101 cm³/mol. The van der Waals surface area contributed by atoms with Gasteiger partial charge in [0.1, 0.15) is 0 Å². The Kier molecular flexibility index (Phi) is 14.6. The van der Waals surface area contributed by atoms with Crippen LogP contribution in [-0.4, -0.2) is 11.8 Å². The van der Waals surface area contributed by atoms with Crippen molar-refractivity contribution in [2.75, 3.05) is 0 Å². The first kappa shape index (κ1) is 22.8. The highest BCUT2D eigenvalue weighted by Gasteiger charge is 2.19. The lowest BCUT2D eigenvalue weighted by Gasteiger charge is -2.03. The number of carbonyl (C=O) groups excluding carboxylic acids is 2.